The molecule has 2 N–H and O–H groups in total. The van der Waals surface area contributed by atoms with Gasteiger partial charge in [-0.25, -0.2) is 9.38 Å². The smallest absolute Gasteiger partial charge is 0.191 e. The second-order valence-electron chi connectivity index (χ2n) is 5.12. The minimum Gasteiger partial charge on any atom is -0.357 e. The van der Waals surface area contributed by atoms with E-state index in [-0.39, 0.29) is 5.82 Å². The molecule has 0 amide bonds. The zero-order chi connectivity index (χ0) is 15.8. The van der Waals surface area contributed by atoms with Crippen LogP contribution in [0.15, 0.2) is 46.8 Å². The molecule has 118 valence electrons. The molecule has 0 saturated carbocycles. The quantitative estimate of drug-likeness (QED) is 0.628. The Bertz CT molecular complexity index is 596. The topological polar surface area (TPSA) is 36.4 Å². The largest absolute Gasteiger partial charge is 0.357 e. The second-order valence-corrected chi connectivity index (χ2v) is 6.10. The Morgan fingerprint density at radius 3 is 2.82 bits per heavy atom. The number of benzene rings is 1. The van der Waals surface area contributed by atoms with E-state index in [0.717, 1.165) is 24.6 Å². The maximum atomic E-state index is 13.2. The fourth-order valence-corrected chi connectivity index (χ4v) is 2.86. The monoisotopic (exact) mass is 319 g/mol. The highest BCUT2D eigenvalue weighted by Gasteiger charge is 2.07. The third-order valence-electron chi connectivity index (χ3n) is 3.26. The molecule has 0 aliphatic rings. The molecule has 0 radical (unpaired) electrons. The van der Waals surface area contributed by atoms with Crippen molar-refractivity contribution in [3.63, 3.8) is 0 Å². The minimum absolute atomic E-state index is 0.225. The number of thiophene rings is 1. The molecule has 1 heterocycles. The summed E-state index contributed by atoms with van der Waals surface area (Å²) in [5.41, 5.74) is 0.864. The van der Waals surface area contributed by atoms with Crippen LogP contribution in [0, 0.1) is 5.82 Å². The van der Waals surface area contributed by atoms with E-state index in [1.54, 1.807) is 17.4 Å². The summed E-state index contributed by atoms with van der Waals surface area (Å²) in [4.78, 5) is 5.86. The third-order valence-corrected chi connectivity index (χ3v) is 4.36. The molecule has 0 aliphatic carbocycles. The molecule has 0 saturated heterocycles. The van der Waals surface area contributed by atoms with Gasteiger partial charge >= 0.3 is 0 Å². The Hall–Kier alpha value is -1.88. The lowest BCUT2D eigenvalue weighted by Gasteiger charge is -2.15. The van der Waals surface area contributed by atoms with Gasteiger partial charge in [0.05, 0.1) is 6.54 Å². The Kier molecular flexibility index (Phi) is 6.40. The SMILES string of the molecule is CCNC(=NCc1cccc(F)c1)NCC(C)c1cccs1. The lowest BCUT2D eigenvalue weighted by atomic mass is 10.1. The van der Waals surface area contributed by atoms with E-state index in [0.29, 0.717) is 12.5 Å². The Labute approximate surface area is 135 Å². The fourth-order valence-electron chi connectivity index (χ4n) is 2.07. The normalized spacial score (nSPS) is 13.0. The van der Waals surface area contributed by atoms with E-state index in [1.165, 1.54) is 17.0 Å². The molecule has 22 heavy (non-hydrogen) atoms. The molecular weight excluding hydrogens is 297 g/mol. The van der Waals surface area contributed by atoms with Gasteiger partial charge in [-0.05, 0) is 36.1 Å². The molecule has 0 bridgehead atoms. The van der Waals surface area contributed by atoms with Crippen LogP contribution in [0.2, 0.25) is 0 Å². The molecule has 0 spiro atoms. The van der Waals surface area contributed by atoms with Crippen molar-refractivity contribution in [1.29, 1.82) is 0 Å². The van der Waals surface area contributed by atoms with Crippen LogP contribution in [0.1, 0.15) is 30.2 Å². The molecule has 2 aromatic rings. The van der Waals surface area contributed by atoms with Crippen LogP contribution in [0.3, 0.4) is 0 Å². The van der Waals surface area contributed by atoms with Crippen LogP contribution in [-0.4, -0.2) is 19.0 Å². The Morgan fingerprint density at radius 2 is 2.14 bits per heavy atom. The van der Waals surface area contributed by atoms with Crippen molar-refractivity contribution in [3.8, 4) is 0 Å². The van der Waals surface area contributed by atoms with Crippen LogP contribution in [0.25, 0.3) is 0 Å². The van der Waals surface area contributed by atoms with Crippen molar-refractivity contribution in [3.05, 3.63) is 58.0 Å². The number of aliphatic imine (C=N–C) groups is 1. The van der Waals surface area contributed by atoms with Gasteiger partial charge in [0.1, 0.15) is 5.82 Å². The molecule has 1 aromatic carbocycles. The van der Waals surface area contributed by atoms with Gasteiger partial charge in [-0.2, -0.15) is 0 Å². The van der Waals surface area contributed by atoms with Crippen LogP contribution in [0.5, 0.6) is 0 Å². The molecule has 0 aliphatic heterocycles. The van der Waals surface area contributed by atoms with E-state index in [1.807, 2.05) is 13.0 Å². The summed E-state index contributed by atoms with van der Waals surface area (Å²) in [5.74, 6) is 0.963. The minimum atomic E-state index is -0.225. The summed E-state index contributed by atoms with van der Waals surface area (Å²) >= 11 is 1.77. The van der Waals surface area contributed by atoms with Gasteiger partial charge in [0.25, 0.3) is 0 Å². The fraction of sp³-hybridized carbons (Fsp3) is 0.353. The molecule has 3 nitrogen and oxygen atoms in total. The summed E-state index contributed by atoms with van der Waals surface area (Å²) in [7, 11) is 0. The lowest BCUT2D eigenvalue weighted by Crippen LogP contribution is -2.39. The standard InChI is InChI=1S/C17H22FN3S/c1-3-19-17(20-11-13(2)16-8-5-9-22-16)21-12-14-6-4-7-15(18)10-14/h4-10,13H,3,11-12H2,1-2H3,(H2,19,20,21). The molecule has 1 unspecified atom stereocenters. The summed E-state index contributed by atoms with van der Waals surface area (Å²) in [5, 5.41) is 8.65. The first-order valence-electron chi connectivity index (χ1n) is 7.49. The van der Waals surface area contributed by atoms with Crippen LogP contribution < -0.4 is 10.6 Å². The number of halogens is 1. The van der Waals surface area contributed by atoms with Gasteiger partial charge in [0.2, 0.25) is 0 Å². The number of hydrogen-bond acceptors (Lipinski definition) is 2. The van der Waals surface area contributed by atoms with E-state index >= 15 is 0 Å². The van der Waals surface area contributed by atoms with Gasteiger partial charge in [-0.3, -0.25) is 0 Å². The average molecular weight is 319 g/mol. The number of guanidine groups is 1. The number of rotatable bonds is 6. The first kappa shape index (κ1) is 16.5. The highest BCUT2D eigenvalue weighted by Crippen LogP contribution is 2.19. The van der Waals surface area contributed by atoms with Crippen molar-refractivity contribution in [2.24, 2.45) is 4.99 Å². The van der Waals surface area contributed by atoms with Gasteiger partial charge in [0.15, 0.2) is 5.96 Å². The number of nitrogens with one attached hydrogen (secondary N) is 2. The number of nitrogens with zero attached hydrogens (tertiary/aromatic N) is 1. The van der Waals surface area contributed by atoms with Crippen molar-refractivity contribution in [2.45, 2.75) is 26.3 Å². The maximum Gasteiger partial charge on any atom is 0.191 e. The van der Waals surface area contributed by atoms with E-state index in [2.05, 4.69) is 40.1 Å². The summed E-state index contributed by atoms with van der Waals surface area (Å²) in [6.45, 7) is 6.29. The summed E-state index contributed by atoms with van der Waals surface area (Å²) < 4.78 is 13.2. The van der Waals surface area contributed by atoms with Gasteiger partial charge in [-0.15, -0.1) is 11.3 Å². The van der Waals surface area contributed by atoms with E-state index in [4.69, 9.17) is 0 Å². The highest BCUT2D eigenvalue weighted by molar-refractivity contribution is 7.10. The van der Waals surface area contributed by atoms with Gasteiger partial charge in [-0.1, -0.05) is 25.1 Å². The molecule has 1 atom stereocenters. The van der Waals surface area contributed by atoms with Crippen molar-refractivity contribution in [1.82, 2.24) is 10.6 Å². The van der Waals surface area contributed by atoms with Crippen molar-refractivity contribution in [2.75, 3.05) is 13.1 Å². The Morgan fingerprint density at radius 1 is 1.27 bits per heavy atom. The average Bonchev–Trinajstić information content (AvgIpc) is 3.04. The van der Waals surface area contributed by atoms with Crippen LogP contribution >= 0.6 is 11.3 Å². The zero-order valence-electron chi connectivity index (χ0n) is 13.0. The van der Waals surface area contributed by atoms with Crippen molar-refractivity contribution >= 4 is 17.3 Å². The zero-order valence-corrected chi connectivity index (χ0v) is 13.8. The molecular formula is C17H22FN3S. The molecule has 0 fully saturated rings. The Balaban J connectivity index is 1.92. The third kappa shape index (κ3) is 5.15. The molecule has 5 heteroatoms. The first-order valence-corrected chi connectivity index (χ1v) is 8.37. The molecule has 2 rings (SSSR count). The maximum absolute atomic E-state index is 13.2. The highest BCUT2D eigenvalue weighted by atomic mass is 32.1. The van der Waals surface area contributed by atoms with Crippen LogP contribution in [-0.2, 0) is 6.54 Å². The van der Waals surface area contributed by atoms with Gasteiger partial charge < -0.3 is 10.6 Å². The van der Waals surface area contributed by atoms with E-state index in [9.17, 15) is 4.39 Å². The second kappa shape index (κ2) is 8.54. The summed E-state index contributed by atoms with van der Waals surface area (Å²) in [6.07, 6.45) is 0. The lowest BCUT2D eigenvalue weighted by molar-refractivity contribution is 0.625. The van der Waals surface area contributed by atoms with Gasteiger partial charge in [0, 0.05) is 23.9 Å². The predicted molar refractivity (Wildman–Crippen MR) is 92.0 cm³/mol. The predicted octanol–water partition coefficient (Wildman–Crippen LogP) is 3.75. The van der Waals surface area contributed by atoms with Crippen molar-refractivity contribution < 1.29 is 4.39 Å². The summed E-state index contributed by atoms with van der Waals surface area (Å²) in [6, 6.07) is 10.8. The van der Waals surface area contributed by atoms with Crippen LogP contribution in [0.4, 0.5) is 4.39 Å². The first-order chi connectivity index (χ1) is 10.7. The number of hydrogen-bond donors (Lipinski definition) is 2. The van der Waals surface area contributed by atoms with E-state index < -0.39 is 0 Å². The molecule has 1 aromatic heterocycles.